The lowest BCUT2D eigenvalue weighted by Gasteiger charge is -2.61. The minimum Gasteiger partial charge on any atom is -0.393 e. The molecular weight excluding hydrogens is 396 g/mol. The van der Waals surface area contributed by atoms with Crippen LogP contribution < -0.4 is 0 Å². The highest BCUT2D eigenvalue weighted by molar-refractivity contribution is 5.95. The largest absolute Gasteiger partial charge is 0.393 e. The smallest absolute Gasteiger partial charge is 0.158 e. The molecule has 0 heterocycles. The Bertz CT molecular complexity index is 815. The third kappa shape index (κ3) is 3.31. The first-order valence-electron chi connectivity index (χ1n) is 13.5. The van der Waals surface area contributed by atoms with Gasteiger partial charge >= 0.3 is 0 Å². The predicted octanol–water partition coefficient (Wildman–Crippen LogP) is 5.99. The Morgan fingerprint density at radius 1 is 1.16 bits per heavy atom. The molecule has 5 aliphatic rings. The van der Waals surface area contributed by atoms with E-state index in [9.17, 15) is 14.7 Å². The van der Waals surface area contributed by atoms with Gasteiger partial charge in [-0.1, -0.05) is 34.3 Å². The number of aliphatic hydroxyl groups is 1. The number of fused-ring (bicyclic) bond motifs is 5. The van der Waals surface area contributed by atoms with Gasteiger partial charge in [0.25, 0.3) is 0 Å². The lowest BCUT2D eigenvalue weighted by molar-refractivity contribution is -0.164. The molecule has 1 N–H and O–H groups in total. The van der Waals surface area contributed by atoms with Crippen LogP contribution in [-0.4, -0.2) is 22.8 Å². The molecule has 0 radical (unpaired) electrons. The Balaban J connectivity index is 1.34. The Morgan fingerprint density at radius 3 is 2.56 bits per heavy atom. The number of Topliss-reactive ketones (excluding diaryl/α,β-unsaturated/α-hetero) is 2. The first-order valence-corrected chi connectivity index (χ1v) is 13.5. The lowest BCUT2D eigenvalue weighted by Crippen LogP contribution is -2.58. The zero-order valence-corrected chi connectivity index (χ0v) is 20.7. The zero-order valence-electron chi connectivity index (χ0n) is 20.7. The molecule has 0 aliphatic heterocycles. The van der Waals surface area contributed by atoms with Crippen molar-refractivity contribution in [3.63, 3.8) is 0 Å². The summed E-state index contributed by atoms with van der Waals surface area (Å²) in [6.07, 6.45) is 9.29. The number of hydrogen-bond acceptors (Lipinski definition) is 3. The van der Waals surface area contributed by atoms with Crippen molar-refractivity contribution in [2.45, 2.75) is 98.0 Å². The molecule has 0 spiro atoms. The van der Waals surface area contributed by atoms with Gasteiger partial charge in [0.1, 0.15) is 5.78 Å². The monoisotopic (exact) mass is 440 g/mol. The van der Waals surface area contributed by atoms with Gasteiger partial charge in [-0.15, -0.1) is 0 Å². The second-order valence-electron chi connectivity index (χ2n) is 13.2. The number of rotatable bonds is 5. The van der Waals surface area contributed by atoms with E-state index in [-0.39, 0.29) is 28.6 Å². The van der Waals surface area contributed by atoms with Gasteiger partial charge in [0.2, 0.25) is 0 Å². The van der Waals surface area contributed by atoms with E-state index in [0.717, 1.165) is 56.4 Å². The highest BCUT2D eigenvalue weighted by Crippen LogP contribution is 2.68. The van der Waals surface area contributed by atoms with Crippen LogP contribution in [-0.2, 0) is 9.59 Å². The normalized spacial score (nSPS) is 50.7. The quantitative estimate of drug-likeness (QED) is 0.534. The van der Waals surface area contributed by atoms with E-state index in [0.29, 0.717) is 47.7 Å². The van der Waals surface area contributed by atoms with E-state index in [1.165, 1.54) is 12.8 Å². The summed E-state index contributed by atoms with van der Waals surface area (Å²) in [5.41, 5.74) is 0.772. The molecule has 0 aromatic rings. The lowest BCUT2D eigenvalue weighted by atomic mass is 9.44. The third-order valence-corrected chi connectivity index (χ3v) is 11.8. The van der Waals surface area contributed by atoms with Crippen LogP contribution in [0, 0.1) is 58.2 Å². The second kappa shape index (κ2) is 7.79. The minimum absolute atomic E-state index is 0.123. The number of carbonyl (C=O) groups is 2. The average molecular weight is 441 g/mol. The number of allylic oxidation sites excluding steroid dienone is 1. The third-order valence-electron chi connectivity index (χ3n) is 11.8. The number of ketones is 2. The molecule has 0 amide bonds. The van der Waals surface area contributed by atoms with Crippen molar-refractivity contribution in [3.8, 4) is 0 Å². The Hall–Kier alpha value is -0.960. The molecule has 0 aromatic carbocycles. The molecule has 0 unspecified atom stereocenters. The predicted molar refractivity (Wildman–Crippen MR) is 127 cm³/mol. The number of carbonyl (C=O) groups excluding carboxylic acids is 2. The van der Waals surface area contributed by atoms with Crippen LogP contribution in [0.4, 0.5) is 0 Å². The molecule has 5 aliphatic carbocycles. The first kappa shape index (κ1) is 22.8. The Morgan fingerprint density at radius 2 is 1.88 bits per heavy atom. The summed E-state index contributed by atoms with van der Waals surface area (Å²) in [4.78, 5) is 25.4. The van der Waals surface area contributed by atoms with Gasteiger partial charge in [0.15, 0.2) is 5.78 Å². The summed E-state index contributed by atoms with van der Waals surface area (Å²) in [5, 5.41) is 11.6. The van der Waals surface area contributed by atoms with Crippen LogP contribution in [0.1, 0.15) is 91.9 Å². The van der Waals surface area contributed by atoms with Gasteiger partial charge in [-0.3, -0.25) is 9.59 Å². The van der Waals surface area contributed by atoms with Crippen LogP contribution in [0.3, 0.4) is 0 Å². The SMILES string of the molecule is C=C(C(=O)C[C@@H](C)[C@@H]1C[C@@H]1C)[C@H]1CC[C@H]2[C@@H]3CC[C@H]4CC(=O)CC[C@]4(C)[C@H]3C[C@@H](O)[C@]12C. The van der Waals surface area contributed by atoms with Crippen molar-refractivity contribution in [3.05, 3.63) is 12.2 Å². The van der Waals surface area contributed by atoms with E-state index in [1.54, 1.807) is 0 Å². The van der Waals surface area contributed by atoms with Crippen molar-refractivity contribution in [2.24, 2.45) is 58.2 Å². The van der Waals surface area contributed by atoms with Gasteiger partial charge in [-0.05, 0) is 103 Å². The number of aliphatic hydroxyl groups excluding tert-OH is 1. The Labute approximate surface area is 194 Å². The molecule has 178 valence electrons. The Kier molecular flexibility index (Phi) is 5.55. The van der Waals surface area contributed by atoms with E-state index in [4.69, 9.17) is 0 Å². The molecule has 3 heteroatoms. The van der Waals surface area contributed by atoms with Gasteiger partial charge in [-0.25, -0.2) is 0 Å². The van der Waals surface area contributed by atoms with Gasteiger partial charge in [0, 0.05) is 24.7 Å². The molecule has 3 nitrogen and oxygen atoms in total. The standard InChI is InChI=1S/C29H44O3/c1-16-12-22(16)17(2)13-26(31)18(3)23-8-9-24-21-7-6-19-14-20(30)10-11-28(19,4)25(21)15-27(32)29(23,24)5/h16-17,19,21-25,27,32H,3,6-15H2,1-2,4-5H3/t16-,17+,19-,21-,22+,23+,24-,25-,27+,28-,29+/m0/s1. The second-order valence-corrected chi connectivity index (χ2v) is 13.2. The van der Waals surface area contributed by atoms with Crippen LogP contribution in [0.2, 0.25) is 0 Å². The highest BCUT2D eigenvalue weighted by Gasteiger charge is 2.63. The highest BCUT2D eigenvalue weighted by atomic mass is 16.3. The minimum atomic E-state index is -0.375. The van der Waals surface area contributed by atoms with E-state index >= 15 is 0 Å². The van der Waals surface area contributed by atoms with E-state index in [1.807, 2.05) is 0 Å². The summed E-state index contributed by atoms with van der Waals surface area (Å²) < 4.78 is 0. The van der Waals surface area contributed by atoms with E-state index < -0.39 is 0 Å². The molecule has 0 saturated heterocycles. The topological polar surface area (TPSA) is 54.4 Å². The van der Waals surface area contributed by atoms with Crippen molar-refractivity contribution in [2.75, 3.05) is 0 Å². The maximum absolute atomic E-state index is 13.2. The first-order chi connectivity index (χ1) is 15.1. The summed E-state index contributed by atoms with van der Waals surface area (Å²) in [7, 11) is 0. The molecule has 5 saturated carbocycles. The molecule has 0 aromatic heterocycles. The summed E-state index contributed by atoms with van der Waals surface area (Å²) >= 11 is 0. The van der Waals surface area contributed by atoms with Crippen LogP contribution in [0.5, 0.6) is 0 Å². The van der Waals surface area contributed by atoms with Crippen LogP contribution in [0.25, 0.3) is 0 Å². The average Bonchev–Trinajstić information content (AvgIpc) is 3.37. The van der Waals surface area contributed by atoms with Crippen molar-refractivity contribution < 1.29 is 14.7 Å². The van der Waals surface area contributed by atoms with E-state index in [2.05, 4.69) is 34.3 Å². The van der Waals surface area contributed by atoms with Gasteiger partial charge in [0.05, 0.1) is 6.10 Å². The molecule has 32 heavy (non-hydrogen) atoms. The van der Waals surface area contributed by atoms with Crippen molar-refractivity contribution >= 4 is 11.6 Å². The molecular formula is C29H44O3. The van der Waals surface area contributed by atoms with Crippen LogP contribution >= 0.6 is 0 Å². The summed E-state index contributed by atoms with van der Waals surface area (Å²) in [6.45, 7) is 13.6. The summed E-state index contributed by atoms with van der Waals surface area (Å²) in [5.74, 6) is 4.85. The molecule has 11 atom stereocenters. The molecule has 5 fully saturated rings. The fourth-order valence-electron chi connectivity index (χ4n) is 9.49. The van der Waals surface area contributed by atoms with Gasteiger partial charge in [-0.2, -0.15) is 0 Å². The van der Waals surface area contributed by atoms with Crippen molar-refractivity contribution in [1.82, 2.24) is 0 Å². The molecule has 5 rings (SSSR count). The maximum Gasteiger partial charge on any atom is 0.158 e. The molecule has 0 bridgehead atoms. The van der Waals surface area contributed by atoms with Gasteiger partial charge < -0.3 is 5.11 Å². The van der Waals surface area contributed by atoms with Crippen LogP contribution in [0.15, 0.2) is 12.2 Å². The fraction of sp³-hybridized carbons (Fsp3) is 0.862. The maximum atomic E-state index is 13.2. The number of hydrogen-bond donors (Lipinski definition) is 1. The fourth-order valence-corrected chi connectivity index (χ4v) is 9.49. The zero-order chi connectivity index (χ0) is 23.0. The van der Waals surface area contributed by atoms with Crippen molar-refractivity contribution in [1.29, 1.82) is 0 Å². The summed E-state index contributed by atoms with van der Waals surface area (Å²) in [6, 6.07) is 0.